The average Bonchev–Trinajstić information content (AvgIpc) is 2.76. The molecule has 0 saturated heterocycles. The standard InChI is InChI=1S/C22H25F6N3O2/c23-21(24,25)15-9-14(10-16(11-15)22(26,27)28)19(32)30-12-13-5-7-31(8-6-13)20(33)17-3-1-2-4-18(17)29/h5,7,9-11,13,17-18H,1-4,6,8,12,29H2,(H,30,32)/t13?,17-,18-/m1/s1. The molecule has 0 radical (unpaired) electrons. The Morgan fingerprint density at radius 2 is 1.58 bits per heavy atom. The summed E-state index contributed by atoms with van der Waals surface area (Å²) in [6.45, 7) is 0.402. The van der Waals surface area contributed by atoms with Crippen LogP contribution in [0.4, 0.5) is 26.3 Å². The zero-order valence-electron chi connectivity index (χ0n) is 17.7. The van der Waals surface area contributed by atoms with Crippen molar-refractivity contribution in [3.05, 3.63) is 47.2 Å². The van der Waals surface area contributed by atoms with Gasteiger partial charge in [0, 0.05) is 30.9 Å². The van der Waals surface area contributed by atoms with Crippen molar-refractivity contribution in [1.29, 1.82) is 0 Å². The molecule has 1 unspecified atom stereocenters. The summed E-state index contributed by atoms with van der Waals surface area (Å²) in [5.41, 5.74) is 2.25. The lowest BCUT2D eigenvalue weighted by Crippen LogP contribution is -2.45. The fourth-order valence-corrected chi connectivity index (χ4v) is 4.15. The SMILES string of the molecule is N[C@@H]1CCCC[C@H]1C(=O)N1C=CC(CNC(=O)c2cc(C(F)(F)F)cc(C(F)(F)F)c2)CC1. The van der Waals surface area contributed by atoms with Crippen molar-refractivity contribution in [2.75, 3.05) is 13.1 Å². The molecule has 2 amide bonds. The van der Waals surface area contributed by atoms with Crippen molar-refractivity contribution in [3.63, 3.8) is 0 Å². The van der Waals surface area contributed by atoms with E-state index in [1.54, 1.807) is 17.2 Å². The second kappa shape index (κ2) is 9.74. The van der Waals surface area contributed by atoms with E-state index in [1.165, 1.54) is 0 Å². The molecule has 1 aromatic rings. The largest absolute Gasteiger partial charge is 0.416 e. The molecule has 2 aliphatic rings. The number of benzene rings is 1. The first-order chi connectivity index (χ1) is 15.4. The van der Waals surface area contributed by atoms with Crippen molar-refractivity contribution in [2.45, 2.75) is 50.5 Å². The molecule has 1 saturated carbocycles. The van der Waals surface area contributed by atoms with Crippen LogP contribution in [-0.2, 0) is 17.1 Å². The molecule has 1 fully saturated rings. The summed E-state index contributed by atoms with van der Waals surface area (Å²) in [5.74, 6) is -1.54. The summed E-state index contributed by atoms with van der Waals surface area (Å²) in [6.07, 6.45) is -2.78. The van der Waals surface area contributed by atoms with E-state index < -0.39 is 35.0 Å². The number of hydrogen-bond acceptors (Lipinski definition) is 3. The average molecular weight is 477 g/mol. The topological polar surface area (TPSA) is 75.4 Å². The molecule has 5 nitrogen and oxygen atoms in total. The minimum Gasteiger partial charge on any atom is -0.351 e. The number of rotatable bonds is 4. The zero-order valence-corrected chi connectivity index (χ0v) is 17.7. The Kier molecular flexibility index (Phi) is 7.40. The maximum Gasteiger partial charge on any atom is 0.416 e. The van der Waals surface area contributed by atoms with E-state index in [2.05, 4.69) is 5.32 Å². The van der Waals surface area contributed by atoms with E-state index in [4.69, 9.17) is 5.73 Å². The lowest BCUT2D eigenvalue weighted by Gasteiger charge is -2.33. The summed E-state index contributed by atoms with van der Waals surface area (Å²) in [5, 5.41) is 2.39. The molecule has 1 heterocycles. The molecule has 33 heavy (non-hydrogen) atoms. The highest BCUT2D eigenvalue weighted by Gasteiger charge is 2.37. The summed E-state index contributed by atoms with van der Waals surface area (Å²) < 4.78 is 77.9. The molecule has 0 bridgehead atoms. The van der Waals surface area contributed by atoms with Crippen molar-refractivity contribution < 1.29 is 35.9 Å². The number of nitrogens with two attached hydrogens (primary N) is 1. The van der Waals surface area contributed by atoms with Gasteiger partial charge < -0.3 is 16.0 Å². The first-order valence-corrected chi connectivity index (χ1v) is 10.7. The maximum atomic E-state index is 13.0. The highest BCUT2D eigenvalue weighted by Crippen LogP contribution is 2.36. The quantitative estimate of drug-likeness (QED) is 0.634. The van der Waals surface area contributed by atoms with Crippen LogP contribution in [0.3, 0.4) is 0 Å². The Morgan fingerprint density at radius 3 is 2.09 bits per heavy atom. The van der Waals surface area contributed by atoms with Gasteiger partial charge >= 0.3 is 12.4 Å². The monoisotopic (exact) mass is 477 g/mol. The minimum absolute atomic E-state index is 0.0118. The van der Waals surface area contributed by atoms with E-state index in [9.17, 15) is 35.9 Å². The van der Waals surface area contributed by atoms with E-state index in [0.717, 1.165) is 25.7 Å². The Balaban J connectivity index is 1.62. The van der Waals surface area contributed by atoms with Gasteiger partial charge in [-0.15, -0.1) is 0 Å². The third-order valence-corrected chi connectivity index (χ3v) is 6.07. The van der Waals surface area contributed by atoms with Gasteiger partial charge in [-0.05, 0) is 43.4 Å². The Labute approximate surface area is 187 Å². The number of nitrogens with one attached hydrogen (secondary N) is 1. The number of amides is 2. The molecule has 1 aromatic carbocycles. The highest BCUT2D eigenvalue weighted by atomic mass is 19.4. The molecular formula is C22H25F6N3O2. The van der Waals surface area contributed by atoms with Crippen molar-refractivity contribution in [3.8, 4) is 0 Å². The van der Waals surface area contributed by atoms with Crippen LogP contribution < -0.4 is 11.1 Å². The lowest BCUT2D eigenvalue weighted by atomic mass is 9.84. The van der Waals surface area contributed by atoms with Crippen molar-refractivity contribution >= 4 is 11.8 Å². The van der Waals surface area contributed by atoms with Gasteiger partial charge in [-0.1, -0.05) is 18.9 Å². The van der Waals surface area contributed by atoms with Gasteiger partial charge in [0.15, 0.2) is 0 Å². The van der Waals surface area contributed by atoms with Crippen molar-refractivity contribution in [1.82, 2.24) is 10.2 Å². The van der Waals surface area contributed by atoms with Crippen LogP contribution in [0, 0.1) is 11.8 Å². The van der Waals surface area contributed by atoms with Crippen LogP contribution in [0.25, 0.3) is 0 Å². The predicted octanol–water partition coefficient (Wildman–Crippen LogP) is 4.33. The van der Waals surface area contributed by atoms with Gasteiger partial charge in [0.25, 0.3) is 5.91 Å². The lowest BCUT2D eigenvalue weighted by molar-refractivity contribution is -0.143. The van der Waals surface area contributed by atoms with Crippen LogP contribution >= 0.6 is 0 Å². The number of carbonyl (C=O) groups is 2. The number of carbonyl (C=O) groups excluding carboxylic acids is 2. The van der Waals surface area contributed by atoms with Gasteiger partial charge in [0.05, 0.1) is 17.0 Å². The van der Waals surface area contributed by atoms with Crippen LogP contribution in [0.2, 0.25) is 0 Å². The summed E-state index contributed by atoms with van der Waals surface area (Å²) in [7, 11) is 0. The summed E-state index contributed by atoms with van der Waals surface area (Å²) in [4.78, 5) is 26.6. The van der Waals surface area contributed by atoms with E-state index in [1.807, 2.05) is 0 Å². The summed E-state index contributed by atoms with van der Waals surface area (Å²) in [6, 6.07) is 0.597. The molecule has 3 rings (SSSR count). The number of hydrogen-bond donors (Lipinski definition) is 2. The van der Waals surface area contributed by atoms with E-state index in [0.29, 0.717) is 25.1 Å². The first-order valence-electron chi connectivity index (χ1n) is 10.7. The molecule has 0 aromatic heterocycles. The van der Waals surface area contributed by atoms with Crippen LogP contribution in [0.5, 0.6) is 0 Å². The van der Waals surface area contributed by atoms with Gasteiger partial charge in [-0.3, -0.25) is 9.59 Å². The predicted molar refractivity (Wildman–Crippen MR) is 108 cm³/mol. The minimum atomic E-state index is -5.03. The van der Waals surface area contributed by atoms with Crippen LogP contribution in [0.1, 0.15) is 53.6 Å². The Bertz CT molecular complexity index is 880. The first kappa shape index (κ1) is 25.1. The molecular weight excluding hydrogens is 452 g/mol. The normalized spacial score (nSPS) is 24.0. The van der Waals surface area contributed by atoms with E-state index in [-0.39, 0.29) is 36.4 Å². The van der Waals surface area contributed by atoms with Crippen molar-refractivity contribution in [2.24, 2.45) is 17.6 Å². The third kappa shape index (κ3) is 6.27. The number of alkyl halides is 6. The number of halogens is 6. The summed E-state index contributed by atoms with van der Waals surface area (Å²) >= 11 is 0. The smallest absolute Gasteiger partial charge is 0.351 e. The van der Waals surface area contributed by atoms with Gasteiger partial charge in [-0.2, -0.15) is 26.3 Å². The molecule has 1 aliphatic carbocycles. The second-order valence-corrected chi connectivity index (χ2v) is 8.48. The fourth-order valence-electron chi connectivity index (χ4n) is 4.15. The molecule has 0 spiro atoms. The van der Waals surface area contributed by atoms with Gasteiger partial charge in [-0.25, -0.2) is 0 Å². The highest BCUT2D eigenvalue weighted by molar-refractivity contribution is 5.94. The van der Waals surface area contributed by atoms with Gasteiger partial charge in [0.1, 0.15) is 0 Å². The molecule has 11 heteroatoms. The zero-order chi connectivity index (χ0) is 24.4. The maximum absolute atomic E-state index is 13.0. The molecule has 3 N–H and O–H groups in total. The van der Waals surface area contributed by atoms with Crippen LogP contribution in [-0.4, -0.2) is 35.8 Å². The fraction of sp³-hybridized carbons (Fsp3) is 0.545. The van der Waals surface area contributed by atoms with E-state index >= 15 is 0 Å². The Hall–Kier alpha value is -2.56. The molecule has 182 valence electrons. The second-order valence-electron chi connectivity index (χ2n) is 8.48. The van der Waals surface area contributed by atoms with Crippen LogP contribution in [0.15, 0.2) is 30.5 Å². The number of nitrogens with zero attached hydrogens (tertiary/aromatic N) is 1. The molecule has 1 aliphatic heterocycles. The third-order valence-electron chi connectivity index (χ3n) is 6.07. The van der Waals surface area contributed by atoms with Gasteiger partial charge in [0.2, 0.25) is 5.91 Å². The Morgan fingerprint density at radius 1 is 0.970 bits per heavy atom. The molecule has 3 atom stereocenters.